The van der Waals surface area contributed by atoms with Crippen molar-refractivity contribution in [1.82, 2.24) is 10.2 Å². The molecule has 5 nitrogen and oxygen atoms in total. The molecular formula is C16H30N2O3. The predicted octanol–water partition coefficient (Wildman–Crippen LogP) is 1.42. The van der Waals surface area contributed by atoms with Crippen LogP contribution in [-0.2, 0) is 14.3 Å². The molecule has 0 radical (unpaired) electrons. The van der Waals surface area contributed by atoms with E-state index in [1.54, 1.807) is 0 Å². The molecule has 21 heavy (non-hydrogen) atoms. The molecule has 1 N–H and O–H groups in total. The van der Waals surface area contributed by atoms with Crippen molar-refractivity contribution in [3.63, 3.8) is 0 Å². The predicted molar refractivity (Wildman–Crippen MR) is 82.2 cm³/mol. The van der Waals surface area contributed by atoms with E-state index >= 15 is 0 Å². The fourth-order valence-electron chi connectivity index (χ4n) is 3.24. The molecule has 0 aromatic heterocycles. The van der Waals surface area contributed by atoms with E-state index in [1.165, 1.54) is 0 Å². The Balaban J connectivity index is 1.67. The van der Waals surface area contributed by atoms with Crippen molar-refractivity contribution < 1.29 is 14.3 Å². The first-order chi connectivity index (χ1) is 10.2. The Kier molecular flexibility index (Phi) is 6.93. The summed E-state index contributed by atoms with van der Waals surface area (Å²) in [5, 5.41) is 3.19. The Morgan fingerprint density at radius 3 is 2.95 bits per heavy atom. The van der Waals surface area contributed by atoms with Crippen LogP contribution in [0.4, 0.5) is 0 Å². The van der Waals surface area contributed by atoms with Crippen molar-refractivity contribution >= 4 is 5.91 Å². The van der Waals surface area contributed by atoms with Crippen LogP contribution in [0.25, 0.3) is 0 Å². The standard InChI is InChI=1S/C16H30N2O3/c1-3-20-10-5-8-18-9-7-14(13(2)12-18)17-16(19)15-6-4-11-21-15/h13-15H,3-12H2,1-2H3,(H,17,19)/t13-,14-,15-/m0/s1. The van der Waals surface area contributed by atoms with Gasteiger partial charge < -0.3 is 19.7 Å². The van der Waals surface area contributed by atoms with E-state index in [4.69, 9.17) is 9.47 Å². The molecular weight excluding hydrogens is 268 g/mol. The van der Waals surface area contributed by atoms with Gasteiger partial charge in [-0.1, -0.05) is 6.92 Å². The topological polar surface area (TPSA) is 50.8 Å². The maximum absolute atomic E-state index is 12.1. The quantitative estimate of drug-likeness (QED) is 0.722. The molecule has 1 amide bonds. The summed E-state index contributed by atoms with van der Waals surface area (Å²) in [6.07, 6.45) is 3.80. The molecule has 2 aliphatic rings. The number of nitrogens with zero attached hydrogens (tertiary/aromatic N) is 1. The lowest BCUT2D eigenvalue weighted by molar-refractivity contribution is -0.131. The Morgan fingerprint density at radius 1 is 1.43 bits per heavy atom. The molecule has 0 spiro atoms. The molecule has 0 aromatic rings. The summed E-state index contributed by atoms with van der Waals surface area (Å²) in [5.41, 5.74) is 0. The lowest BCUT2D eigenvalue weighted by atomic mass is 9.93. The number of hydrogen-bond donors (Lipinski definition) is 1. The number of likely N-dealkylation sites (tertiary alicyclic amines) is 1. The van der Waals surface area contributed by atoms with Gasteiger partial charge in [-0.15, -0.1) is 0 Å². The van der Waals surface area contributed by atoms with Gasteiger partial charge in [0.1, 0.15) is 6.10 Å². The molecule has 0 unspecified atom stereocenters. The minimum atomic E-state index is -0.207. The molecule has 0 aromatic carbocycles. The molecule has 2 aliphatic heterocycles. The Bertz CT molecular complexity index is 319. The molecule has 0 aliphatic carbocycles. The fourth-order valence-corrected chi connectivity index (χ4v) is 3.24. The van der Waals surface area contributed by atoms with Crippen LogP contribution in [0.1, 0.15) is 39.5 Å². The number of ether oxygens (including phenoxy) is 2. The molecule has 2 saturated heterocycles. The molecule has 2 fully saturated rings. The molecule has 2 heterocycles. The van der Waals surface area contributed by atoms with E-state index in [0.29, 0.717) is 12.0 Å². The van der Waals surface area contributed by atoms with Crippen molar-refractivity contribution in [1.29, 1.82) is 0 Å². The SMILES string of the molecule is CCOCCCN1CC[C@H](NC(=O)[C@@H]2CCCO2)[C@@H](C)C1. The van der Waals surface area contributed by atoms with Crippen LogP contribution in [-0.4, -0.2) is 62.4 Å². The molecule has 3 atom stereocenters. The molecule has 0 bridgehead atoms. The van der Waals surface area contributed by atoms with Crippen molar-refractivity contribution in [3.8, 4) is 0 Å². The number of hydrogen-bond acceptors (Lipinski definition) is 4. The van der Waals surface area contributed by atoms with E-state index in [-0.39, 0.29) is 12.0 Å². The monoisotopic (exact) mass is 298 g/mol. The number of piperidine rings is 1. The van der Waals surface area contributed by atoms with E-state index in [9.17, 15) is 4.79 Å². The first-order valence-corrected chi connectivity index (χ1v) is 8.42. The first kappa shape index (κ1) is 16.7. The summed E-state index contributed by atoms with van der Waals surface area (Å²) in [7, 11) is 0. The summed E-state index contributed by atoms with van der Waals surface area (Å²) in [6, 6.07) is 0.296. The van der Waals surface area contributed by atoms with Gasteiger partial charge in [-0.3, -0.25) is 4.79 Å². The third-order valence-corrected chi connectivity index (χ3v) is 4.51. The molecule has 0 saturated carbocycles. The van der Waals surface area contributed by atoms with E-state index in [2.05, 4.69) is 17.1 Å². The van der Waals surface area contributed by atoms with Gasteiger partial charge in [-0.05, 0) is 38.5 Å². The van der Waals surface area contributed by atoms with Crippen LogP contribution in [0.15, 0.2) is 0 Å². The largest absolute Gasteiger partial charge is 0.382 e. The summed E-state index contributed by atoms with van der Waals surface area (Å²) < 4.78 is 10.8. The van der Waals surface area contributed by atoms with Crippen LogP contribution in [0.2, 0.25) is 0 Å². The second kappa shape index (κ2) is 8.71. The van der Waals surface area contributed by atoms with Gasteiger partial charge in [0.25, 0.3) is 0 Å². The molecule has 5 heteroatoms. The highest BCUT2D eigenvalue weighted by Gasteiger charge is 2.30. The van der Waals surface area contributed by atoms with Crippen molar-refractivity contribution in [2.45, 2.75) is 51.7 Å². The lowest BCUT2D eigenvalue weighted by Gasteiger charge is -2.37. The third kappa shape index (κ3) is 5.24. The highest BCUT2D eigenvalue weighted by molar-refractivity contribution is 5.81. The van der Waals surface area contributed by atoms with Crippen molar-refractivity contribution in [2.24, 2.45) is 5.92 Å². The Labute approximate surface area is 128 Å². The van der Waals surface area contributed by atoms with Gasteiger partial charge in [0, 0.05) is 45.5 Å². The Hall–Kier alpha value is -0.650. The number of nitrogens with one attached hydrogen (secondary N) is 1. The molecule has 122 valence electrons. The van der Waals surface area contributed by atoms with Gasteiger partial charge >= 0.3 is 0 Å². The summed E-state index contributed by atoms with van der Waals surface area (Å²) in [4.78, 5) is 14.6. The lowest BCUT2D eigenvalue weighted by Crippen LogP contribution is -2.52. The summed E-state index contributed by atoms with van der Waals surface area (Å²) >= 11 is 0. The van der Waals surface area contributed by atoms with Gasteiger partial charge in [0.2, 0.25) is 5.91 Å². The van der Waals surface area contributed by atoms with Crippen molar-refractivity contribution in [2.75, 3.05) is 39.5 Å². The number of rotatable bonds is 7. The first-order valence-electron chi connectivity index (χ1n) is 8.42. The van der Waals surface area contributed by atoms with Crippen LogP contribution in [0.3, 0.4) is 0 Å². The zero-order chi connectivity index (χ0) is 15.1. The van der Waals surface area contributed by atoms with Crippen LogP contribution >= 0.6 is 0 Å². The minimum absolute atomic E-state index is 0.0918. The zero-order valence-corrected chi connectivity index (χ0v) is 13.5. The number of amides is 1. The van der Waals surface area contributed by atoms with Gasteiger partial charge in [0.05, 0.1) is 0 Å². The average Bonchev–Trinajstić information content (AvgIpc) is 3.00. The number of carbonyl (C=O) groups is 1. The Morgan fingerprint density at radius 2 is 2.29 bits per heavy atom. The van der Waals surface area contributed by atoms with Gasteiger partial charge in [-0.25, -0.2) is 0 Å². The highest BCUT2D eigenvalue weighted by atomic mass is 16.5. The fraction of sp³-hybridized carbons (Fsp3) is 0.938. The number of carbonyl (C=O) groups excluding carboxylic acids is 1. The highest BCUT2D eigenvalue weighted by Crippen LogP contribution is 2.19. The van der Waals surface area contributed by atoms with Gasteiger partial charge in [0.15, 0.2) is 0 Å². The van der Waals surface area contributed by atoms with E-state index < -0.39 is 0 Å². The van der Waals surface area contributed by atoms with Crippen LogP contribution in [0, 0.1) is 5.92 Å². The zero-order valence-electron chi connectivity index (χ0n) is 13.5. The summed E-state index contributed by atoms with van der Waals surface area (Å²) in [5.74, 6) is 0.588. The maximum atomic E-state index is 12.1. The van der Waals surface area contributed by atoms with Crippen LogP contribution in [0.5, 0.6) is 0 Å². The minimum Gasteiger partial charge on any atom is -0.382 e. The third-order valence-electron chi connectivity index (χ3n) is 4.51. The van der Waals surface area contributed by atoms with E-state index in [0.717, 1.165) is 65.1 Å². The second-order valence-electron chi connectivity index (χ2n) is 6.23. The van der Waals surface area contributed by atoms with Gasteiger partial charge in [-0.2, -0.15) is 0 Å². The maximum Gasteiger partial charge on any atom is 0.249 e. The second-order valence-corrected chi connectivity index (χ2v) is 6.23. The normalized spacial score (nSPS) is 30.5. The van der Waals surface area contributed by atoms with Crippen LogP contribution < -0.4 is 5.32 Å². The van der Waals surface area contributed by atoms with Crippen molar-refractivity contribution in [3.05, 3.63) is 0 Å². The van der Waals surface area contributed by atoms with E-state index in [1.807, 2.05) is 6.92 Å². The molecule has 2 rings (SSSR count). The average molecular weight is 298 g/mol. The summed E-state index contributed by atoms with van der Waals surface area (Å²) in [6.45, 7) is 9.85. The smallest absolute Gasteiger partial charge is 0.249 e.